The van der Waals surface area contributed by atoms with E-state index in [0.717, 1.165) is 6.26 Å². The van der Waals surface area contributed by atoms with Crippen LogP contribution >= 0.6 is 0 Å². The number of carbonyl (C=O) groups is 2. The number of sulfone groups is 1. The fourth-order valence-electron chi connectivity index (χ4n) is 3.75. The maximum absolute atomic E-state index is 13.1. The zero-order valence-electron chi connectivity index (χ0n) is 16.9. The van der Waals surface area contributed by atoms with Crippen molar-refractivity contribution in [3.05, 3.63) is 64.6 Å². The Morgan fingerprint density at radius 1 is 1.00 bits per heavy atom. The molecule has 0 saturated carbocycles. The van der Waals surface area contributed by atoms with Gasteiger partial charge in [0.15, 0.2) is 15.4 Å². The number of hydrogen-bond acceptors (Lipinski definition) is 6. The number of aromatic nitrogens is 1. The minimum absolute atomic E-state index is 0.0130. The van der Waals surface area contributed by atoms with Crippen LogP contribution in [-0.4, -0.2) is 54.2 Å². The zero-order valence-corrected chi connectivity index (χ0v) is 17.7. The van der Waals surface area contributed by atoms with Gasteiger partial charge in [-0.1, -0.05) is 24.3 Å². The highest BCUT2D eigenvalue weighted by Gasteiger charge is 2.33. The number of hydrogen-bond donors (Lipinski definition) is 0. The summed E-state index contributed by atoms with van der Waals surface area (Å²) in [6.45, 7) is 0.747. The summed E-state index contributed by atoms with van der Waals surface area (Å²) in [7, 11) is -3.61. The first-order valence-electron chi connectivity index (χ1n) is 9.77. The lowest BCUT2D eigenvalue weighted by Crippen LogP contribution is -2.45. The van der Waals surface area contributed by atoms with Gasteiger partial charge < -0.3 is 4.42 Å². The Balaban J connectivity index is 1.54. The van der Waals surface area contributed by atoms with Gasteiger partial charge in [0.1, 0.15) is 0 Å². The molecule has 10 heteroatoms. The third-order valence-corrected chi connectivity index (χ3v) is 6.35. The molecular weight excluding hydrogens is 422 g/mol. The van der Waals surface area contributed by atoms with Crippen molar-refractivity contribution in [1.82, 2.24) is 14.6 Å². The number of oxazole rings is 1. The molecule has 0 aliphatic carbocycles. The summed E-state index contributed by atoms with van der Waals surface area (Å²) in [4.78, 5) is 38.0. The second kappa shape index (κ2) is 8.03. The SMILES string of the molecule is CS(=O)(=O)c1ccccc1C(=O)N1CCCN1C(=O)CCn1c(=O)oc2ccccc21. The number of para-hydroxylation sites is 2. The van der Waals surface area contributed by atoms with Gasteiger partial charge in [0.05, 0.1) is 16.0 Å². The molecule has 9 nitrogen and oxygen atoms in total. The van der Waals surface area contributed by atoms with E-state index in [1.54, 1.807) is 36.4 Å². The highest BCUT2D eigenvalue weighted by atomic mass is 32.2. The van der Waals surface area contributed by atoms with Crippen molar-refractivity contribution >= 4 is 32.8 Å². The van der Waals surface area contributed by atoms with Crippen LogP contribution in [0.3, 0.4) is 0 Å². The largest absolute Gasteiger partial charge is 0.419 e. The first-order valence-corrected chi connectivity index (χ1v) is 11.7. The van der Waals surface area contributed by atoms with E-state index in [0.29, 0.717) is 30.6 Å². The number of carbonyl (C=O) groups excluding carboxylic acids is 2. The summed E-state index contributed by atoms with van der Waals surface area (Å²) >= 11 is 0. The molecule has 2 amide bonds. The van der Waals surface area contributed by atoms with Crippen LogP contribution in [0.25, 0.3) is 11.1 Å². The lowest BCUT2D eigenvalue weighted by Gasteiger charge is -2.28. The first-order chi connectivity index (χ1) is 14.8. The van der Waals surface area contributed by atoms with Crippen molar-refractivity contribution < 1.29 is 22.4 Å². The Labute approximate surface area is 178 Å². The van der Waals surface area contributed by atoms with Crippen LogP contribution in [0.15, 0.2) is 62.6 Å². The van der Waals surface area contributed by atoms with Crippen LogP contribution in [-0.2, 0) is 21.2 Å². The average Bonchev–Trinajstić information content (AvgIpc) is 3.35. The summed E-state index contributed by atoms with van der Waals surface area (Å²) in [6.07, 6.45) is 1.60. The molecule has 3 aromatic rings. The highest BCUT2D eigenvalue weighted by molar-refractivity contribution is 7.90. The summed E-state index contributed by atoms with van der Waals surface area (Å²) in [6, 6.07) is 12.9. The van der Waals surface area contributed by atoms with Gasteiger partial charge in [-0.15, -0.1) is 0 Å². The van der Waals surface area contributed by atoms with E-state index in [1.807, 2.05) is 0 Å². The standard InChI is InChI=1S/C21H21N3O6S/c1-31(28,29)18-10-5-2-7-15(18)20(26)24-13-6-12-23(24)19(25)11-14-22-16-8-3-4-9-17(16)30-21(22)27/h2-5,7-10H,6,11-14H2,1H3. The molecule has 1 fully saturated rings. The van der Waals surface area contributed by atoms with E-state index in [4.69, 9.17) is 4.42 Å². The van der Waals surface area contributed by atoms with Crippen molar-refractivity contribution in [1.29, 1.82) is 0 Å². The summed E-state index contributed by atoms with van der Waals surface area (Å²) < 4.78 is 30.7. The van der Waals surface area contributed by atoms with Crippen LogP contribution < -0.4 is 5.76 Å². The first kappa shape index (κ1) is 20.9. The fourth-order valence-corrected chi connectivity index (χ4v) is 4.63. The zero-order chi connectivity index (χ0) is 22.2. The second-order valence-electron chi connectivity index (χ2n) is 7.30. The van der Waals surface area contributed by atoms with Gasteiger partial charge in [-0.05, 0) is 30.7 Å². The normalized spacial score (nSPS) is 14.4. The van der Waals surface area contributed by atoms with E-state index < -0.39 is 21.5 Å². The molecule has 1 aliphatic rings. The highest BCUT2D eigenvalue weighted by Crippen LogP contribution is 2.22. The number of benzene rings is 2. The number of aryl methyl sites for hydroxylation is 1. The maximum Gasteiger partial charge on any atom is 0.419 e. The molecule has 1 saturated heterocycles. The lowest BCUT2D eigenvalue weighted by atomic mass is 10.2. The molecule has 0 radical (unpaired) electrons. The molecule has 0 N–H and O–H groups in total. The predicted molar refractivity (Wildman–Crippen MR) is 112 cm³/mol. The van der Waals surface area contributed by atoms with Crippen LogP contribution in [0.2, 0.25) is 0 Å². The Morgan fingerprint density at radius 3 is 2.45 bits per heavy atom. The quantitative estimate of drug-likeness (QED) is 0.593. The molecule has 0 unspecified atom stereocenters. The van der Waals surface area contributed by atoms with E-state index in [2.05, 4.69) is 0 Å². The number of fused-ring (bicyclic) bond motifs is 1. The van der Waals surface area contributed by atoms with Gasteiger partial charge >= 0.3 is 5.76 Å². The van der Waals surface area contributed by atoms with E-state index in [9.17, 15) is 22.8 Å². The van der Waals surface area contributed by atoms with Crippen LogP contribution in [0.1, 0.15) is 23.2 Å². The van der Waals surface area contributed by atoms with E-state index >= 15 is 0 Å². The number of rotatable bonds is 5. The smallest absolute Gasteiger partial charge is 0.408 e. The maximum atomic E-state index is 13.1. The minimum atomic E-state index is -3.61. The summed E-state index contributed by atoms with van der Waals surface area (Å²) in [5.74, 6) is -1.43. The van der Waals surface area contributed by atoms with Crippen molar-refractivity contribution in [2.75, 3.05) is 19.3 Å². The molecule has 0 spiro atoms. The molecule has 0 bridgehead atoms. The van der Waals surface area contributed by atoms with Crippen LogP contribution in [0, 0.1) is 0 Å². The third kappa shape index (κ3) is 3.98. The molecule has 2 heterocycles. The summed E-state index contributed by atoms with van der Waals surface area (Å²) in [5.41, 5.74) is 1.06. The van der Waals surface area contributed by atoms with Crippen LogP contribution in [0.5, 0.6) is 0 Å². The Hall–Kier alpha value is -3.40. The van der Waals surface area contributed by atoms with E-state index in [-0.39, 0.29) is 29.3 Å². The molecule has 162 valence electrons. The average molecular weight is 443 g/mol. The molecule has 0 atom stereocenters. The lowest BCUT2D eigenvalue weighted by molar-refractivity contribution is -0.140. The number of hydrazine groups is 1. The Morgan fingerprint density at radius 2 is 1.68 bits per heavy atom. The van der Waals surface area contributed by atoms with Gasteiger partial charge in [-0.25, -0.2) is 18.2 Å². The molecule has 4 rings (SSSR count). The van der Waals surface area contributed by atoms with E-state index in [1.165, 1.54) is 26.7 Å². The van der Waals surface area contributed by atoms with Gasteiger partial charge in [-0.2, -0.15) is 0 Å². The molecule has 1 aromatic heterocycles. The van der Waals surface area contributed by atoms with Crippen molar-refractivity contribution in [2.24, 2.45) is 0 Å². The molecule has 2 aromatic carbocycles. The Kier molecular flexibility index (Phi) is 5.40. The molecular formula is C21H21N3O6S. The van der Waals surface area contributed by atoms with Gasteiger partial charge in [0.25, 0.3) is 5.91 Å². The van der Waals surface area contributed by atoms with Gasteiger partial charge in [-0.3, -0.25) is 19.2 Å². The number of amides is 2. The Bertz CT molecular complexity index is 1320. The molecule has 31 heavy (non-hydrogen) atoms. The van der Waals surface area contributed by atoms with Crippen molar-refractivity contribution in [3.8, 4) is 0 Å². The number of nitrogens with zero attached hydrogens (tertiary/aromatic N) is 3. The summed E-state index contributed by atoms with van der Waals surface area (Å²) in [5, 5.41) is 2.61. The van der Waals surface area contributed by atoms with Gasteiger partial charge in [0.2, 0.25) is 5.91 Å². The minimum Gasteiger partial charge on any atom is -0.408 e. The van der Waals surface area contributed by atoms with Gasteiger partial charge in [0, 0.05) is 32.3 Å². The monoisotopic (exact) mass is 443 g/mol. The van der Waals surface area contributed by atoms with Crippen molar-refractivity contribution in [2.45, 2.75) is 24.3 Å². The van der Waals surface area contributed by atoms with Crippen molar-refractivity contribution in [3.63, 3.8) is 0 Å². The predicted octanol–water partition coefficient (Wildman–Crippen LogP) is 1.68. The third-order valence-electron chi connectivity index (χ3n) is 5.19. The second-order valence-corrected chi connectivity index (χ2v) is 9.29. The fraction of sp³-hybridized carbons (Fsp3) is 0.286. The van der Waals surface area contributed by atoms with Crippen LogP contribution in [0.4, 0.5) is 0 Å². The topological polar surface area (TPSA) is 110 Å². The molecule has 1 aliphatic heterocycles.